The van der Waals surface area contributed by atoms with Crippen LogP contribution in [0.2, 0.25) is 0 Å². The summed E-state index contributed by atoms with van der Waals surface area (Å²) in [5, 5.41) is 26.2. The van der Waals surface area contributed by atoms with Crippen LogP contribution in [-0.2, 0) is 33.6 Å². The molecule has 0 unspecified atom stereocenters. The number of nitrogens with zero attached hydrogens (tertiary/aromatic N) is 1. The maximum Gasteiger partial charge on any atom is 0.326 e. The molecule has 0 fully saturated rings. The number of amides is 4. The maximum absolute atomic E-state index is 12.4. The fourth-order valence-electron chi connectivity index (χ4n) is 5.80. The number of likely N-dealkylation sites (N-methyl/N-ethyl adjacent to an activating group) is 1. The van der Waals surface area contributed by atoms with Gasteiger partial charge in [-0.2, -0.15) is 0 Å². The second-order valence-corrected chi connectivity index (χ2v) is 14.8. The number of nitrogens with one attached hydrogen (secondary N) is 3. The van der Waals surface area contributed by atoms with Crippen LogP contribution in [0.4, 0.5) is 0 Å². The van der Waals surface area contributed by atoms with E-state index in [9.17, 15) is 38.7 Å². The van der Waals surface area contributed by atoms with E-state index in [-0.39, 0.29) is 67.6 Å². The van der Waals surface area contributed by atoms with Crippen LogP contribution in [0.1, 0.15) is 155 Å². The van der Waals surface area contributed by atoms with Gasteiger partial charge >= 0.3 is 11.9 Å². The van der Waals surface area contributed by atoms with E-state index in [1.165, 1.54) is 24.2 Å². The Kier molecular flexibility index (Phi) is 29.6. The van der Waals surface area contributed by atoms with Gasteiger partial charge in [-0.3, -0.25) is 28.8 Å². The number of Topliss-reactive ketones (excluding diaryl/α,β-unsaturated/α-hetero) is 1. The summed E-state index contributed by atoms with van der Waals surface area (Å²) in [6, 6.07) is -2.55. The smallest absolute Gasteiger partial charge is 0.326 e. The third-order valence-corrected chi connectivity index (χ3v) is 9.41. The summed E-state index contributed by atoms with van der Waals surface area (Å²) in [7, 11) is 1.56. The molecule has 15 nitrogen and oxygen atoms in total. The van der Waals surface area contributed by atoms with Gasteiger partial charge in [-0.05, 0) is 57.8 Å². The molecule has 54 heavy (non-hydrogen) atoms. The van der Waals surface area contributed by atoms with E-state index in [1.54, 1.807) is 20.9 Å². The van der Waals surface area contributed by atoms with Crippen LogP contribution in [0.25, 0.3) is 0 Å². The summed E-state index contributed by atoms with van der Waals surface area (Å²) < 4.78 is 0. The van der Waals surface area contributed by atoms with E-state index >= 15 is 0 Å². The van der Waals surface area contributed by atoms with E-state index in [0.29, 0.717) is 58.0 Å². The van der Waals surface area contributed by atoms with Gasteiger partial charge in [-0.1, -0.05) is 78.1 Å². The zero-order valence-corrected chi connectivity index (χ0v) is 33.3. The monoisotopic (exact) mass is 769 g/mol. The first kappa shape index (κ1) is 50.4. The molecular formula is C39H72N6O9. The van der Waals surface area contributed by atoms with Crippen LogP contribution < -0.4 is 27.4 Å². The Balaban J connectivity index is 3.95. The molecule has 0 aromatic rings. The number of nitrogens with two attached hydrogens (primary N) is 2. The van der Waals surface area contributed by atoms with Crippen molar-refractivity contribution < 1.29 is 43.8 Å². The van der Waals surface area contributed by atoms with Crippen molar-refractivity contribution in [3.05, 3.63) is 0 Å². The lowest BCUT2D eigenvalue weighted by molar-refractivity contribution is -0.142. The van der Waals surface area contributed by atoms with Crippen molar-refractivity contribution in [2.45, 2.75) is 173 Å². The lowest BCUT2D eigenvalue weighted by Gasteiger charge is -2.21. The van der Waals surface area contributed by atoms with E-state index in [4.69, 9.17) is 16.6 Å². The molecule has 3 atom stereocenters. The normalized spacial score (nSPS) is 12.8. The lowest BCUT2D eigenvalue weighted by atomic mass is 10.0. The number of hydrogen-bond donors (Lipinski definition) is 7. The van der Waals surface area contributed by atoms with E-state index in [0.717, 1.165) is 51.4 Å². The van der Waals surface area contributed by atoms with Gasteiger partial charge in [-0.25, -0.2) is 4.79 Å². The predicted octanol–water partition coefficient (Wildman–Crippen LogP) is 3.79. The Morgan fingerprint density at radius 3 is 1.56 bits per heavy atom. The molecule has 0 spiro atoms. The highest BCUT2D eigenvalue weighted by atomic mass is 16.4. The molecule has 0 saturated carbocycles. The summed E-state index contributed by atoms with van der Waals surface area (Å²) in [6.07, 6.45) is 16.1. The van der Waals surface area contributed by atoms with Gasteiger partial charge in [-0.15, -0.1) is 0 Å². The predicted molar refractivity (Wildman–Crippen MR) is 208 cm³/mol. The van der Waals surface area contributed by atoms with E-state index in [1.807, 2.05) is 0 Å². The second-order valence-electron chi connectivity index (χ2n) is 14.8. The van der Waals surface area contributed by atoms with Crippen molar-refractivity contribution in [2.24, 2.45) is 17.4 Å². The van der Waals surface area contributed by atoms with Crippen molar-refractivity contribution in [2.75, 3.05) is 26.7 Å². The zero-order valence-electron chi connectivity index (χ0n) is 33.3. The molecule has 4 amide bonds. The van der Waals surface area contributed by atoms with Gasteiger partial charge in [0.25, 0.3) is 0 Å². The molecule has 0 aliphatic rings. The van der Waals surface area contributed by atoms with Crippen LogP contribution in [0, 0.1) is 5.92 Å². The summed E-state index contributed by atoms with van der Waals surface area (Å²) in [5.41, 5.74) is 12.0. The Morgan fingerprint density at radius 1 is 0.574 bits per heavy atom. The summed E-state index contributed by atoms with van der Waals surface area (Å²) in [4.78, 5) is 84.6. The fourth-order valence-corrected chi connectivity index (χ4v) is 5.80. The molecule has 0 aliphatic carbocycles. The van der Waals surface area contributed by atoms with Gasteiger partial charge in [0.1, 0.15) is 6.04 Å². The number of hydrogen-bond acceptors (Lipinski definition) is 9. The molecule has 9 N–H and O–H groups in total. The highest BCUT2D eigenvalue weighted by Crippen LogP contribution is 2.13. The van der Waals surface area contributed by atoms with E-state index in [2.05, 4.69) is 16.0 Å². The first-order valence-corrected chi connectivity index (χ1v) is 20.2. The first-order chi connectivity index (χ1) is 25.6. The van der Waals surface area contributed by atoms with Crippen LogP contribution in [0.5, 0.6) is 0 Å². The Labute approximate surface area is 322 Å². The number of carbonyl (C=O) groups excluding carboxylic acids is 5. The molecule has 0 aromatic heterocycles. The standard InChI is InChI=1S/C39H72N6O9/c1-29(2)33(46)28-45(3)38(52)31(41)21-17-19-27-43-37(51)30(40)20-16-18-26-42-34(47)25-24-32(39(53)54)44-35(48)22-14-12-10-8-6-4-5-7-9-11-13-15-23-36(49)50/h29-32H,4-28,40-41H2,1-3H3,(H,42,47)(H,43,51)(H,44,48)(H,49,50)(H,53,54)/t30-,31+,32-/m0/s1. The highest BCUT2D eigenvalue weighted by molar-refractivity contribution is 5.89. The number of carbonyl (C=O) groups is 7. The molecule has 0 radical (unpaired) electrons. The topological polar surface area (TPSA) is 251 Å². The highest BCUT2D eigenvalue weighted by Gasteiger charge is 2.22. The molecule has 0 bridgehead atoms. The quantitative estimate of drug-likeness (QED) is 0.0457. The second kappa shape index (κ2) is 31.7. The van der Waals surface area contributed by atoms with Crippen molar-refractivity contribution >= 4 is 41.4 Å². The van der Waals surface area contributed by atoms with Crippen LogP contribution in [0.3, 0.4) is 0 Å². The number of ketones is 1. The van der Waals surface area contributed by atoms with Crippen LogP contribution >= 0.6 is 0 Å². The average Bonchev–Trinajstić information content (AvgIpc) is 3.11. The third kappa shape index (κ3) is 27.9. The minimum Gasteiger partial charge on any atom is -0.481 e. The summed E-state index contributed by atoms with van der Waals surface area (Å²) in [5.74, 6) is -3.30. The molecule has 0 rings (SSSR count). The van der Waals surface area contributed by atoms with Crippen LogP contribution in [0.15, 0.2) is 0 Å². The van der Waals surface area contributed by atoms with Crippen molar-refractivity contribution in [1.82, 2.24) is 20.9 Å². The van der Waals surface area contributed by atoms with Gasteiger partial charge in [0.2, 0.25) is 23.6 Å². The van der Waals surface area contributed by atoms with Gasteiger partial charge < -0.3 is 42.5 Å². The number of carboxylic acid groups (broad SMARTS) is 2. The molecule has 0 heterocycles. The Morgan fingerprint density at radius 2 is 1.06 bits per heavy atom. The SMILES string of the molecule is CC(C)C(=O)CN(C)C(=O)[C@H](N)CCCCNC(=O)[C@@H](N)CCCCNC(=O)CC[C@H](NC(=O)CCCCCCCCCCCCCCC(=O)O)C(=O)O. The van der Waals surface area contributed by atoms with Crippen molar-refractivity contribution in [3.8, 4) is 0 Å². The zero-order chi connectivity index (χ0) is 40.7. The van der Waals surface area contributed by atoms with Crippen molar-refractivity contribution in [3.63, 3.8) is 0 Å². The van der Waals surface area contributed by atoms with Gasteiger partial charge in [0.05, 0.1) is 18.6 Å². The minimum atomic E-state index is -1.18. The number of rotatable bonds is 35. The van der Waals surface area contributed by atoms with E-state index < -0.39 is 30.1 Å². The molecule has 0 aromatic carbocycles. The fraction of sp³-hybridized carbons (Fsp3) is 0.821. The number of unbranched alkanes of at least 4 members (excludes halogenated alkanes) is 13. The van der Waals surface area contributed by atoms with Crippen LogP contribution in [-0.4, -0.2) is 101 Å². The van der Waals surface area contributed by atoms with Gasteiger partial charge in [0.15, 0.2) is 5.78 Å². The van der Waals surface area contributed by atoms with Crippen molar-refractivity contribution in [1.29, 1.82) is 0 Å². The Bertz CT molecular complexity index is 1120. The molecular weight excluding hydrogens is 696 g/mol. The minimum absolute atomic E-state index is 0.0150. The average molecular weight is 769 g/mol. The number of carboxylic acids is 2. The molecule has 0 aliphatic heterocycles. The first-order valence-electron chi connectivity index (χ1n) is 20.2. The van der Waals surface area contributed by atoms with Gasteiger partial charge in [0, 0.05) is 45.3 Å². The summed E-state index contributed by atoms with van der Waals surface area (Å²) >= 11 is 0. The maximum atomic E-state index is 12.4. The molecule has 312 valence electrons. The molecule has 0 saturated heterocycles. The Hall–Kier alpha value is -3.59. The lowest BCUT2D eigenvalue weighted by Crippen LogP contribution is -2.44. The molecule has 15 heteroatoms. The number of aliphatic carboxylic acids is 2. The summed E-state index contributed by atoms with van der Waals surface area (Å²) in [6.45, 7) is 4.35. The largest absolute Gasteiger partial charge is 0.481 e. The third-order valence-electron chi connectivity index (χ3n) is 9.41.